The number of rotatable bonds is 5. The van der Waals surface area contributed by atoms with Crippen molar-refractivity contribution in [3.05, 3.63) is 70.2 Å². The second-order valence-corrected chi connectivity index (χ2v) is 6.62. The van der Waals surface area contributed by atoms with Crippen molar-refractivity contribution < 1.29 is 4.79 Å². The van der Waals surface area contributed by atoms with Crippen molar-refractivity contribution in [1.82, 2.24) is 4.90 Å². The number of fused-ring (bicyclic) bond motifs is 1. The first-order valence-electron chi connectivity index (χ1n) is 8.30. The molecule has 2 nitrogen and oxygen atoms in total. The summed E-state index contributed by atoms with van der Waals surface area (Å²) in [6.07, 6.45) is 3.86. The van der Waals surface area contributed by atoms with E-state index in [1.807, 2.05) is 12.1 Å². The number of hydrogen-bond donors (Lipinski definition) is 0. The van der Waals surface area contributed by atoms with Crippen LogP contribution >= 0.6 is 24.0 Å². The first-order valence-corrected chi connectivity index (χ1v) is 8.68. The van der Waals surface area contributed by atoms with Gasteiger partial charge in [0.2, 0.25) is 0 Å². The number of benzene rings is 2. The number of halogens is 2. The quantitative estimate of drug-likeness (QED) is 0.682. The second-order valence-electron chi connectivity index (χ2n) is 6.18. The molecule has 0 radical (unpaired) electrons. The van der Waals surface area contributed by atoms with E-state index in [1.54, 1.807) is 12.1 Å². The smallest absolute Gasteiger partial charge is 0.162 e. The summed E-state index contributed by atoms with van der Waals surface area (Å²) in [6.45, 7) is 3.10. The highest BCUT2D eigenvalue weighted by molar-refractivity contribution is 6.30. The summed E-state index contributed by atoms with van der Waals surface area (Å²) in [5.41, 5.74) is 3.68. The number of nitrogens with zero attached hydrogens (tertiary/aromatic N) is 1. The fourth-order valence-corrected chi connectivity index (χ4v) is 3.33. The molecule has 0 saturated heterocycles. The molecule has 0 unspecified atom stereocenters. The third-order valence-electron chi connectivity index (χ3n) is 4.48. The predicted molar refractivity (Wildman–Crippen MR) is 102 cm³/mol. The molecule has 2 aromatic rings. The average Bonchev–Trinajstić information content (AvgIpc) is 2.77. The van der Waals surface area contributed by atoms with Crippen LogP contribution in [-0.4, -0.2) is 23.8 Å². The molecule has 0 fully saturated rings. The monoisotopic (exact) mass is 363 g/mol. The average molecular weight is 364 g/mol. The van der Waals surface area contributed by atoms with Gasteiger partial charge in [0.25, 0.3) is 0 Å². The Balaban J connectivity index is 0.00000208. The molecule has 0 saturated carbocycles. The van der Waals surface area contributed by atoms with Crippen LogP contribution in [-0.2, 0) is 13.0 Å². The van der Waals surface area contributed by atoms with Gasteiger partial charge in [-0.05, 0) is 67.7 Å². The fourth-order valence-electron chi connectivity index (χ4n) is 3.20. The lowest BCUT2D eigenvalue weighted by molar-refractivity contribution is 0.0974. The van der Waals surface area contributed by atoms with Crippen molar-refractivity contribution in [1.29, 1.82) is 0 Å². The Morgan fingerprint density at radius 1 is 1.04 bits per heavy atom. The van der Waals surface area contributed by atoms with Gasteiger partial charge in [0.05, 0.1) is 0 Å². The molecule has 0 spiro atoms. The van der Waals surface area contributed by atoms with Gasteiger partial charge < -0.3 is 0 Å². The van der Waals surface area contributed by atoms with Gasteiger partial charge in [0.1, 0.15) is 0 Å². The van der Waals surface area contributed by atoms with Crippen molar-refractivity contribution in [2.24, 2.45) is 0 Å². The Bertz CT molecular complexity index is 670. The van der Waals surface area contributed by atoms with Crippen LogP contribution in [0.1, 0.15) is 40.7 Å². The fraction of sp³-hybridized carbons (Fsp3) is 0.350. The van der Waals surface area contributed by atoms with Gasteiger partial charge in [-0.2, -0.15) is 0 Å². The summed E-state index contributed by atoms with van der Waals surface area (Å²) in [5, 5.41) is 0.671. The summed E-state index contributed by atoms with van der Waals surface area (Å²) >= 11 is 5.86. The van der Waals surface area contributed by atoms with Crippen LogP contribution in [0.5, 0.6) is 0 Å². The van der Waals surface area contributed by atoms with Crippen LogP contribution in [0.3, 0.4) is 0 Å². The molecule has 4 heteroatoms. The normalized spacial score (nSPS) is 14.4. The van der Waals surface area contributed by atoms with Crippen LogP contribution in [0.25, 0.3) is 0 Å². The molecule has 0 aromatic heterocycles. The summed E-state index contributed by atoms with van der Waals surface area (Å²) < 4.78 is 0. The zero-order chi connectivity index (χ0) is 16.1. The van der Waals surface area contributed by atoms with Crippen molar-refractivity contribution in [3.63, 3.8) is 0 Å². The Morgan fingerprint density at radius 3 is 2.50 bits per heavy atom. The molecule has 2 aromatic carbocycles. The topological polar surface area (TPSA) is 20.3 Å². The van der Waals surface area contributed by atoms with E-state index >= 15 is 0 Å². The lowest BCUT2D eigenvalue weighted by atomic mass is 10.0. The summed E-state index contributed by atoms with van der Waals surface area (Å²) in [4.78, 5) is 14.7. The van der Waals surface area contributed by atoms with Gasteiger partial charge in [-0.15, -0.1) is 12.4 Å². The summed E-state index contributed by atoms with van der Waals surface area (Å²) in [6, 6.07) is 15.9. The Hall–Kier alpha value is -1.35. The Morgan fingerprint density at radius 2 is 1.75 bits per heavy atom. The van der Waals surface area contributed by atoms with E-state index < -0.39 is 0 Å². The minimum Gasteiger partial charge on any atom is -0.299 e. The molecular weight excluding hydrogens is 341 g/mol. The van der Waals surface area contributed by atoms with Crippen LogP contribution in [0, 0.1) is 0 Å². The van der Waals surface area contributed by atoms with Gasteiger partial charge in [0.15, 0.2) is 5.78 Å². The number of carbonyl (C=O) groups excluding carboxylic acids is 1. The van der Waals surface area contributed by atoms with E-state index in [0.29, 0.717) is 11.4 Å². The number of carbonyl (C=O) groups is 1. The Labute approximate surface area is 155 Å². The lowest BCUT2D eigenvalue weighted by Crippen LogP contribution is -2.25. The van der Waals surface area contributed by atoms with Crippen LogP contribution in [0.15, 0.2) is 48.5 Å². The molecule has 0 aliphatic carbocycles. The van der Waals surface area contributed by atoms with Gasteiger partial charge in [-0.1, -0.05) is 35.9 Å². The second kappa shape index (κ2) is 9.22. The molecule has 3 rings (SSSR count). The van der Waals surface area contributed by atoms with E-state index in [2.05, 4.69) is 29.2 Å². The molecule has 1 aliphatic rings. The number of aryl methyl sites for hydroxylation is 1. The van der Waals surface area contributed by atoms with Crippen LogP contribution in [0.4, 0.5) is 0 Å². The highest BCUT2D eigenvalue weighted by Crippen LogP contribution is 2.19. The molecule has 0 atom stereocenters. The first kappa shape index (κ1) is 19.0. The maximum atomic E-state index is 12.2. The number of Topliss-reactive ketones (excluding diaryl/α,β-unsaturated/α-hetero) is 1. The third kappa shape index (κ3) is 5.07. The zero-order valence-electron chi connectivity index (χ0n) is 13.7. The van der Waals surface area contributed by atoms with Gasteiger partial charge in [-0.3, -0.25) is 9.69 Å². The molecular formula is C20H23Cl2NO. The number of ketones is 1. The van der Waals surface area contributed by atoms with E-state index in [-0.39, 0.29) is 18.2 Å². The van der Waals surface area contributed by atoms with E-state index in [1.165, 1.54) is 17.5 Å². The van der Waals surface area contributed by atoms with Crippen LogP contribution < -0.4 is 0 Å². The Kier molecular flexibility index (Phi) is 7.29. The van der Waals surface area contributed by atoms with Gasteiger partial charge >= 0.3 is 0 Å². The molecule has 0 amide bonds. The SMILES string of the molecule is Cl.O=C(CCCN1CCCc2ccccc2C1)c1ccc(Cl)cc1. The van der Waals surface area contributed by atoms with E-state index in [4.69, 9.17) is 11.6 Å². The maximum Gasteiger partial charge on any atom is 0.162 e. The zero-order valence-corrected chi connectivity index (χ0v) is 15.3. The molecule has 0 bridgehead atoms. The van der Waals surface area contributed by atoms with Crippen molar-refractivity contribution >= 4 is 29.8 Å². The van der Waals surface area contributed by atoms with Crippen molar-refractivity contribution in [2.45, 2.75) is 32.2 Å². The van der Waals surface area contributed by atoms with E-state index in [9.17, 15) is 4.79 Å². The minimum absolute atomic E-state index is 0. The molecule has 1 aliphatic heterocycles. The molecule has 128 valence electrons. The first-order chi connectivity index (χ1) is 11.2. The van der Waals surface area contributed by atoms with Gasteiger partial charge in [-0.25, -0.2) is 0 Å². The molecule has 0 N–H and O–H groups in total. The molecule has 1 heterocycles. The third-order valence-corrected chi connectivity index (χ3v) is 4.73. The standard InChI is InChI=1S/C20H22ClNO.ClH/c21-19-11-9-17(10-12-19)20(23)8-4-14-22-13-3-7-16-5-1-2-6-18(16)15-22;/h1-2,5-6,9-12H,3-4,7-8,13-15H2;1H. The van der Waals surface area contributed by atoms with E-state index in [0.717, 1.165) is 38.0 Å². The predicted octanol–water partition coefficient (Wildman–Crippen LogP) is 5.17. The number of hydrogen-bond acceptors (Lipinski definition) is 2. The molecule has 24 heavy (non-hydrogen) atoms. The highest BCUT2D eigenvalue weighted by Gasteiger charge is 2.14. The van der Waals surface area contributed by atoms with Crippen molar-refractivity contribution in [3.8, 4) is 0 Å². The van der Waals surface area contributed by atoms with Gasteiger partial charge in [0, 0.05) is 23.6 Å². The lowest BCUT2D eigenvalue weighted by Gasteiger charge is -2.20. The minimum atomic E-state index is 0. The van der Waals surface area contributed by atoms with Crippen LogP contribution in [0.2, 0.25) is 5.02 Å². The van der Waals surface area contributed by atoms with Crippen molar-refractivity contribution in [2.75, 3.05) is 13.1 Å². The summed E-state index contributed by atoms with van der Waals surface area (Å²) in [7, 11) is 0. The highest BCUT2D eigenvalue weighted by atomic mass is 35.5. The summed E-state index contributed by atoms with van der Waals surface area (Å²) in [5.74, 6) is 0.205. The largest absolute Gasteiger partial charge is 0.299 e. The maximum absolute atomic E-state index is 12.2.